The van der Waals surface area contributed by atoms with Crippen LogP contribution in [0.5, 0.6) is 5.75 Å². The summed E-state index contributed by atoms with van der Waals surface area (Å²) in [6.45, 7) is 1.97. The molecule has 5 heteroatoms. The fourth-order valence-corrected chi connectivity index (χ4v) is 1.30. The van der Waals surface area contributed by atoms with E-state index in [0.717, 1.165) is 17.9 Å². The van der Waals surface area contributed by atoms with Gasteiger partial charge in [-0.05, 0) is 43.9 Å². The molecule has 19 heavy (non-hydrogen) atoms. The SMILES string of the molecule is CN(C)CCOc1ccc(C#CCCN=[N+]=[N-])cc1. The molecular weight excluding hydrogens is 240 g/mol. The molecule has 1 aromatic carbocycles. The second-order valence-corrected chi connectivity index (χ2v) is 4.18. The molecule has 100 valence electrons. The smallest absolute Gasteiger partial charge is 0.119 e. The van der Waals surface area contributed by atoms with Gasteiger partial charge < -0.3 is 9.64 Å². The minimum absolute atomic E-state index is 0.412. The van der Waals surface area contributed by atoms with Gasteiger partial charge in [0, 0.05) is 30.0 Å². The maximum absolute atomic E-state index is 8.11. The molecule has 0 heterocycles. The zero-order valence-corrected chi connectivity index (χ0v) is 11.3. The first-order valence-electron chi connectivity index (χ1n) is 6.09. The first kappa shape index (κ1) is 14.9. The lowest BCUT2D eigenvalue weighted by Crippen LogP contribution is -2.19. The Bertz CT molecular complexity index is 478. The Labute approximate surface area is 113 Å². The van der Waals surface area contributed by atoms with Crippen LogP contribution < -0.4 is 4.74 Å². The third-order valence-electron chi connectivity index (χ3n) is 2.29. The van der Waals surface area contributed by atoms with Gasteiger partial charge in [-0.15, -0.1) is 0 Å². The summed E-state index contributed by atoms with van der Waals surface area (Å²) in [7, 11) is 4.02. The molecule has 1 rings (SSSR count). The maximum atomic E-state index is 8.11. The summed E-state index contributed by atoms with van der Waals surface area (Å²) in [5, 5.41) is 3.42. The van der Waals surface area contributed by atoms with Gasteiger partial charge in [0.15, 0.2) is 0 Å². The Hall–Kier alpha value is -2.15. The van der Waals surface area contributed by atoms with Gasteiger partial charge >= 0.3 is 0 Å². The van der Waals surface area contributed by atoms with Crippen molar-refractivity contribution in [3.8, 4) is 17.6 Å². The Morgan fingerprint density at radius 2 is 2.05 bits per heavy atom. The topological polar surface area (TPSA) is 61.2 Å². The Balaban J connectivity index is 2.40. The average Bonchev–Trinajstić information content (AvgIpc) is 2.40. The first-order valence-corrected chi connectivity index (χ1v) is 6.09. The quantitative estimate of drug-likeness (QED) is 0.259. The number of azide groups is 1. The van der Waals surface area contributed by atoms with Gasteiger partial charge in [0.05, 0.1) is 0 Å². The summed E-state index contributed by atoms with van der Waals surface area (Å²) in [6, 6.07) is 7.66. The van der Waals surface area contributed by atoms with Crippen LogP contribution in [0.15, 0.2) is 29.4 Å². The van der Waals surface area contributed by atoms with Crippen molar-refractivity contribution < 1.29 is 4.74 Å². The normalized spacial score (nSPS) is 9.42. The van der Waals surface area contributed by atoms with Crippen LogP contribution in [-0.4, -0.2) is 38.7 Å². The van der Waals surface area contributed by atoms with Crippen molar-refractivity contribution >= 4 is 0 Å². The van der Waals surface area contributed by atoms with E-state index in [1.54, 1.807) is 0 Å². The molecule has 0 spiro atoms. The van der Waals surface area contributed by atoms with Gasteiger partial charge in [0.1, 0.15) is 12.4 Å². The molecule has 0 fully saturated rings. The highest BCUT2D eigenvalue weighted by atomic mass is 16.5. The zero-order valence-electron chi connectivity index (χ0n) is 11.3. The fraction of sp³-hybridized carbons (Fsp3) is 0.429. The molecule has 0 unspecified atom stereocenters. The van der Waals surface area contributed by atoms with Crippen LogP contribution in [-0.2, 0) is 0 Å². The van der Waals surface area contributed by atoms with Crippen molar-refractivity contribution in [2.75, 3.05) is 33.8 Å². The summed E-state index contributed by atoms with van der Waals surface area (Å²) in [6.07, 6.45) is 0.575. The molecule has 0 saturated heterocycles. The number of likely N-dealkylation sites (N-methyl/N-ethyl adjacent to an activating group) is 1. The third-order valence-corrected chi connectivity index (χ3v) is 2.29. The molecule has 0 aliphatic carbocycles. The molecule has 0 radical (unpaired) electrons. The van der Waals surface area contributed by atoms with E-state index in [1.807, 2.05) is 38.4 Å². The van der Waals surface area contributed by atoms with Crippen LogP contribution in [0.25, 0.3) is 10.4 Å². The lowest BCUT2D eigenvalue weighted by Gasteiger charge is -2.10. The standard InChI is InChI=1S/C14H18N4O/c1-18(2)11-12-19-14-8-6-13(7-9-14)5-3-4-10-16-17-15/h6-9H,4,10-12H2,1-2H3. The Kier molecular flexibility index (Phi) is 6.96. The number of ether oxygens (including phenoxy) is 1. The molecule has 0 amide bonds. The van der Waals surface area contributed by atoms with Crippen molar-refractivity contribution in [1.82, 2.24) is 4.90 Å². The number of hydrogen-bond donors (Lipinski definition) is 0. The summed E-state index contributed by atoms with van der Waals surface area (Å²) in [5.41, 5.74) is 9.04. The van der Waals surface area contributed by atoms with E-state index >= 15 is 0 Å². The average molecular weight is 258 g/mol. The van der Waals surface area contributed by atoms with Crippen LogP contribution in [0.1, 0.15) is 12.0 Å². The van der Waals surface area contributed by atoms with E-state index < -0.39 is 0 Å². The highest BCUT2D eigenvalue weighted by Gasteiger charge is 1.94. The Morgan fingerprint density at radius 1 is 1.32 bits per heavy atom. The highest BCUT2D eigenvalue weighted by Crippen LogP contribution is 2.11. The van der Waals surface area contributed by atoms with Crippen molar-refractivity contribution in [2.45, 2.75) is 6.42 Å². The molecule has 1 aromatic rings. The van der Waals surface area contributed by atoms with Gasteiger partial charge in [-0.25, -0.2) is 0 Å². The maximum Gasteiger partial charge on any atom is 0.119 e. The second-order valence-electron chi connectivity index (χ2n) is 4.18. The summed E-state index contributed by atoms with van der Waals surface area (Å²) in [5.74, 6) is 6.81. The van der Waals surface area contributed by atoms with E-state index in [2.05, 4.69) is 26.8 Å². The number of hydrogen-bond acceptors (Lipinski definition) is 3. The van der Waals surface area contributed by atoms with Crippen molar-refractivity contribution in [3.63, 3.8) is 0 Å². The lowest BCUT2D eigenvalue weighted by atomic mass is 10.2. The molecule has 0 aliphatic rings. The predicted octanol–water partition coefficient (Wildman–Crippen LogP) is 2.68. The fourth-order valence-electron chi connectivity index (χ4n) is 1.30. The Morgan fingerprint density at radius 3 is 2.68 bits per heavy atom. The zero-order chi connectivity index (χ0) is 13.9. The van der Waals surface area contributed by atoms with Crippen LogP contribution in [0.3, 0.4) is 0 Å². The summed E-state index contributed by atoms with van der Waals surface area (Å²) < 4.78 is 5.58. The van der Waals surface area contributed by atoms with Crippen LogP contribution in [0.2, 0.25) is 0 Å². The summed E-state index contributed by atoms with van der Waals surface area (Å²) >= 11 is 0. The first-order chi connectivity index (χ1) is 9.22. The van der Waals surface area contributed by atoms with Crippen molar-refractivity contribution in [1.29, 1.82) is 0 Å². The van der Waals surface area contributed by atoms with Crippen molar-refractivity contribution in [3.05, 3.63) is 40.3 Å². The number of nitrogens with zero attached hydrogens (tertiary/aromatic N) is 4. The van der Waals surface area contributed by atoms with E-state index in [9.17, 15) is 0 Å². The largest absolute Gasteiger partial charge is 0.492 e. The molecule has 0 aliphatic heterocycles. The minimum Gasteiger partial charge on any atom is -0.492 e. The van der Waals surface area contributed by atoms with E-state index in [4.69, 9.17) is 10.3 Å². The monoisotopic (exact) mass is 258 g/mol. The van der Waals surface area contributed by atoms with Crippen LogP contribution in [0.4, 0.5) is 0 Å². The van der Waals surface area contributed by atoms with Crippen LogP contribution >= 0.6 is 0 Å². The van der Waals surface area contributed by atoms with Gasteiger partial charge in [0.25, 0.3) is 0 Å². The molecule has 0 saturated carbocycles. The van der Waals surface area contributed by atoms with E-state index in [0.29, 0.717) is 19.6 Å². The molecule has 0 bridgehead atoms. The second kappa shape index (κ2) is 8.87. The van der Waals surface area contributed by atoms with Gasteiger partial charge in [0.2, 0.25) is 0 Å². The lowest BCUT2D eigenvalue weighted by molar-refractivity contribution is 0.261. The van der Waals surface area contributed by atoms with Gasteiger partial charge in [-0.3, -0.25) is 0 Å². The van der Waals surface area contributed by atoms with E-state index in [-0.39, 0.29) is 0 Å². The third kappa shape index (κ3) is 6.99. The summed E-state index contributed by atoms with van der Waals surface area (Å²) in [4.78, 5) is 4.74. The van der Waals surface area contributed by atoms with Crippen LogP contribution in [0, 0.1) is 11.8 Å². The number of benzene rings is 1. The molecule has 0 aromatic heterocycles. The van der Waals surface area contributed by atoms with Crippen molar-refractivity contribution in [2.24, 2.45) is 5.11 Å². The highest BCUT2D eigenvalue weighted by molar-refractivity contribution is 5.38. The predicted molar refractivity (Wildman–Crippen MR) is 76.0 cm³/mol. The minimum atomic E-state index is 0.412. The number of rotatable bonds is 6. The van der Waals surface area contributed by atoms with E-state index in [1.165, 1.54) is 0 Å². The molecule has 0 N–H and O–H groups in total. The molecular formula is C14H18N4O. The van der Waals surface area contributed by atoms with Gasteiger partial charge in [-0.2, -0.15) is 0 Å². The van der Waals surface area contributed by atoms with Gasteiger partial charge in [-0.1, -0.05) is 17.0 Å². The molecule has 5 nitrogen and oxygen atoms in total. The molecule has 0 atom stereocenters.